The van der Waals surface area contributed by atoms with E-state index in [1.807, 2.05) is 46.2 Å². The highest BCUT2D eigenvalue weighted by atomic mass is 16.2. The van der Waals surface area contributed by atoms with Crippen LogP contribution in [0.5, 0.6) is 0 Å². The molecule has 0 saturated carbocycles. The minimum absolute atomic E-state index is 0.110. The minimum atomic E-state index is 0.110. The van der Waals surface area contributed by atoms with Gasteiger partial charge in [-0.05, 0) is 61.2 Å². The first-order chi connectivity index (χ1) is 15.6. The highest BCUT2D eigenvalue weighted by Crippen LogP contribution is 2.29. The lowest BCUT2D eigenvalue weighted by Gasteiger charge is -2.35. The average molecular weight is 434 g/mol. The van der Waals surface area contributed by atoms with Crippen LogP contribution in [-0.4, -0.2) is 72.3 Å². The van der Waals surface area contributed by atoms with Gasteiger partial charge in [0.25, 0.3) is 11.8 Å². The molecule has 2 aliphatic heterocycles. The second kappa shape index (κ2) is 10.3. The predicted octanol–water partition coefficient (Wildman–Crippen LogP) is 4.05. The molecule has 170 valence electrons. The normalized spacial score (nSPS) is 19.8. The largest absolute Gasteiger partial charge is 0.338 e. The van der Waals surface area contributed by atoms with E-state index < -0.39 is 0 Å². The minimum Gasteiger partial charge on any atom is -0.338 e. The average Bonchev–Trinajstić information content (AvgIpc) is 2.88. The molecule has 2 amide bonds. The van der Waals surface area contributed by atoms with Crippen LogP contribution < -0.4 is 0 Å². The second-order valence-electron chi connectivity index (χ2n) is 8.99. The van der Waals surface area contributed by atoms with Gasteiger partial charge in [0.05, 0.1) is 0 Å². The van der Waals surface area contributed by atoms with Gasteiger partial charge in [0, 0.05) is 56.3 Å². The van der Waals surface area contributed by atoms with Crippen molar-refractivity contribution < 1.29 is 9.59 Å². The number of aryl methyl sites for hydroxylation is 1. The lowest BCUT2D eigenvalue weighted by molar-refractivity contribution is 0.0641. The van der Waals surface area contributed by atoms with E-state index in [2.05, 4.69) is 30.9 Å². The zero-order valence-corrected chi connectivity index (χ0v) is 19.4. The third-order valence-corrected chi connectivity index (χ3v) is 7.03. The fourth-order valence-corrected chi connectivity index (χ4v) is 4.87. The summed E-state index contributed by atoms with van der Waals surface area (Å²) in [5.74, 6) is 0.507. The molecule has 2 aromatic rings. The van der Waals surface area contributed by atoms with E-state index in [1.165, 1.54) is 11.1 Å². The van der Waals surface area contributed by atoms with Crippen molar-refractivity contribution in [2.45, 2.75) is 39.0 Å². The van der Waals surface area contributed by atoms with Gasteiger partial charge in [-0.2, -0.15) is 0 Å². The van der Waals surface area contributed by atoms with Gasteiger partial charge in [-0.25, -0.2) is 0 Å². The van der Waals surface area contributed by atoms with E-state index in [9.17, 15) is 9.59 Å². The maximum Gasteiger partial charge on any atom is 0.253 e. The number of likely N-dealkylation sites (tertiary alicyclic amines) is 1. The Morgan fingerprint density at radius 3 is 2.25 bits per heavy atom. The fourth-order valence-electron chi connectivity index (χ4n) is 4.87. The molecule has 0 radical (unpaired) electrons. The summed E-state index contributed by atoms with van der Waals surface area (Å²) in [6, 6.07) is 16.1. The van der Waals surface area contributed by atoms with Crippen LogP contribution in [0.25, 0.3) is 0 Å². The number of piperidine rings is 1. The summed E-state index contributed by atoms with van der Waals surface area (Å²) in [6.45, 7) is 10.3. The zero-order chi connectivity index (χ0) is 22.5. The number of nitrogens with zero attached hydrogens (tertiary/aromatic N) is 3. The number of carbonyl (C=O) groups excluding carboxylic acids is 2. The Kier molecular flexibility index (Phi) is 7.26. The summed E-state index contributed by atoms with van der Waals surface area (Å²) in [4.78, 5) is 32.5. The van der Waals surface area contributed by atoms with Crippen LogP contribution in [0.4, 0.5) is 0 Å². The topological polar surface area (TPSA) is 43.9 Å². The van der Waals surface area contributed by atoms with E-state index in [4.69, 9.17) is 0 Å². The van der Waals surface area contributed by atoms with E-state index >= 15 is 0 Å². The molecule has 4 rings (SSSR count). The molecule has 0 aliphatic carbocycles. The molecule has 0 spiro atoms. The molecule has 32 heavy (non-hydrogen) atoms. The molecule has 1 atom stereocenters. The Bertz CT molecular complexity index is 932. The van der Waals surface area contributed by atoms with Gasteiger partial charge in [0.1, 0.15) is 0 Å². The van der Waals surface area contributed by atoms with Gasteiger partial charge < -0.3 is 14.7 Å². The Morgan fingerprint density at radius 2 is 1.56 bits per heavy atom. The van der Waals surface area contributed by atoms with Crippen LogP contribution in [0.3, 0.4) is 0 Å². The van der Waals surface area contributed by atoms with E-state index in [-0.39, 0.29) is 17.7 Å². The van der Waals surface area contributed by atoms with Crippen molar-refractivity contribution in [1.29, 1.82) is 0 Å². The van der Waals surface area contributed by atoms with Crippen molar-refractivity contribution in [3.8, 4) is 0 Å². The summed E-state index contributed by atoms with van der Waals surface area (Å²) < 4.78 is 0. The number of rotatable bonds is 5. The first kappa shape index (κ1) is 22.5. The predicted molar refractivity (Wildman–Crippen MR) is 128 cm³/mol. The van der Waals surface area contributed by atoms with Gasteiger partial charge >= 0.3 is 0 Å². The Balaban J connectivity index is 1.43. The summed E-state index contributed by atoms with van der Waals surface area (Å²) >= 11 is 0. The summed E-state index contributed by atoms with van der Waals surface area (Å²) in [6.07, 6.45) is 3.01. The van der Waals surface area contributed by atoms with Crippen molar-refractivity contribution in [1.82, 2.24) is 14.7 Å². The number of likely N-dealkylation sites (N-methyl/N-ethyl adjacent to an activating group) is 1. The number of amides is 2. The molecule has 2 aliphatic rings. The molecule has 2 saturated heterocycles. The second-order valence-corrected chi connectivity index (χ2v) is 8.99. The monoisotopic (exact) mass is 433 g/mol. The van der Waals surface area contributed by atoms with Crippen LogP contribution in [0.1, 0.15) is 64.4 Å². The van der Waals surface area contributed by atoms with Crippen LogP contribution >= 0.6 is 0 Å². The molecule has 5 heteroatoms. The summed E-state index contributed by atoms with van der Waals surface area (Å²) in [7, 11) is 0. The molecule has 0 aromatic heterocycles. The van der Waals surface area contributed by atoms with Crippen molar-refractivity contribution in [2.24, 2.45) is 0 Å². The molecular formula is C27H35N3O2. The first-order valence-corrected chi connectivity index (χ1v) is 12.1. The third kappa shape index (κ3) is 5.04. The Hall–Kier alpha value is -2.66. The van der Waals surface area contributed by atoms with Crippen molar-refractivity contribution in [2.75, 3.05) is 45.8 Å². The molecule has 2 aromatic carbocycles. The molecule has 5 nitrogen and oxygen atoms in total. The Labute approximate surface area is 192 Å². The van der Waals surface area contributed by atoms with Gasteiger partial charge in [0.2, 0.25) is 0 Å². The molecule has 2 heterocycles. The quantitative estimate of drug-likeness (QED) is 0.715. The van der Waals surface area contributed by atoms with Crippen molar-refractivity contribution in [3.05, 3.63) is 70.8 Å². The van der Waals surface area contributed by atoms with Crippen LogP contribution in [-0.2, 0) is 6.42 Å². The lowest BCUT2D eigenvalue weighted by atomic mass is 9.89. The maximum atomic E-state index is 13.1. The number of benzene rings is 2. The van der Waals surface area contributed by atoms with Gasteiger partial charge in [-0.3, -0.25) is 9.59 Å². The van der Waals surface area contributed by atoms with E-state index in [0.29, 0.717) is 6.54 Å². The van der Waals surface area contributed by atoms with E-state index in [0.717, 1.165) is 69.7 Å². The zero-order valence-electron chi connectivity index (χ0n) is 19.4. The standard InChI is InChI=1S/C27H35N3O2/c1-3-21-10-12-22(13-11-21)26(31)30-14-6-9-25(20-30)23-7-5-8-24(19-23)27(32)29-17-15-28(4-2)16-18-29/h5,7-8,10-13,19,25H,3-4,6,9,14-18,20H2,1-2H3/t25-/m1/s1. The lowest BCUT2D eigenvalue weighted by Crippen LogP contribution is -2.48. The van der Waals surface area contributed by atoms with Gasteiger partial charge in [-0.1, -0.05) is 38.1 Å². The number of hydrogen-bond donors (Lipinski definition) is 0. The SMILES string of the molecule is CCc1ccc(C(=O)N2CCC[C@@H](c3cccc(C(=O)N4CCN(CC)CC4)c3)C2)cc1. The smallest absolute Gasteiger partial charge is 0.253 e. The molecule has 0 unspecified atom stereocenters. The molecule has 2 fully saturated rings. The Morgan fingerprint density at radius 1 is 0.844 bits per heavy atom. The maximum absolute atomic E-state index is 13.1. The highest BCUT2D eigenvalue weighted by Gasteiger charge is 2.27. The first-order valence-electron chi connectivity index (χ1n) is 12.1. The number of piperazine rings is 1. The fraction of sp³-hybridized carbons (Fsp3) is 0.481. The van der Waals surface area contributed by atoms with Crippen molar-refractivity contribution >= 4 is 11.8 Å². The molecule has 0 N–H and O–H groups in total. The summed E-state index contributed by atoms with van der Waals surface area (Å²) in [5.41, 5.74) is 3.95. The van der Waals surface area contributed by atoms with Crippen LogP contribution in [0.15, 0.2) is 48.5 Å². The number of hydrogen-bond acceptors (Lipinski definition) is 3. The van der Waals surface area contributed by atoms with Crippen molar-refractivity contribution in [3.63, 3.8) is 0 Å². The number of carbonyl (C=O) groups is 2. The summed E-state index contributed by atoms with van der Waals surface area (Å²) in [5, 5.41) is 0. The van der Waals surface area contributed by atoms with Crippen LogP contribution in [0, 0.1) is 0 Å². The van der Waals surface area contributed by atoms with Gasteiger partial charge in [-0.15, -0.1) is 0 Å². The molecule has 0 bridgehead atoms. The van der Waals surface area contributed by atoms with E-state index in [1.54, 1.807) is 0 Å². The third-order valence-electron chi connectivity index (χ3n) is 7.03. The molecular weight excluding hydrogens is 398 g/mol. The van der Waals surface area contributed by atoms with Gasteiger partial charge in [0.15, 0.2) is 0 Å². The van der Waals surface area contributed by atoms with Crippen LogP contribution in [0.2, 0.25) is 0 Å². The highest BCUT2D eigenvalue weighted by molar-refractivity contribution is 5.95.